The van der Waals surface area contributed by atoms with E-state index in [9.17, 15) is 0 Å². The molecule has 0 saturated heterocycles. The summed E-state index contributed by atoms with van der Waals surface area (Å²) >= 11 is 0. The summed E-state index contributed by atoms with van der Waals surface area (Å²) in [7, 11) is 0. The van der Waals surface area contributed by atoms with E-state index in [4.69, 9.17) is 21.4 Å². The number of aromatic amines is 2. The van der Waals surface area contributed by atoms with Crippen LogP contribution in [0.15, 0.2) is 109 Å². The van der Waals surface area contributed by atoms with Crippen molar-refractivity contribution in [2.75, 3.05) is 11.5 Å². The molecule has 0 atom stereocenters. The molecular weight excluding hydrogens is 540 g/mol. The largest absolute Gasteiger partial charge is 0.399 e. The molecule has 44 heavy (non-hydrogen) atoms. The maximum Gasteiger partial charge on any atom is 0.0888 e. The van der Waals surface area contributed by atoms with Crippen molar-refractivity contribution >= 4 is 57.7 Å². The lowest BCUT2D eigenvalue weighted by Crippen LogP contribution is -1.91. The number of H-pyrrole nitrogens is 2. The molecule has 3 aromatic heterocycles. The molecule has 0 unspecified atom stereocenters. The minimum Gasteiger partial charge on any atom is -0.399 e. The Kier molecular flexibility index (Phi) is 5.98. The number of hydrogen-bond donors (Lipinski definition) is 4. The number of nitrogen functional groups attached to an aromatic ring is 2. The van der Waals surface area contributed by atoms with Crippen molar-refractivity contribution in [3.63, 3.8) is 0 Å². The van der Waals surface area contributed by atoms with Crippen LogP contribution >= 0.6 is 0 Å². The monoisotopic (exact) mass is 568 g/mol. The third-order valence-electron chi connectivity index (χ3n) is 8.05. The van der Waals surface area contributed by atoms with E-state index in [-0.39, 0.29) is 0 Å². The Hall–Kier alpha value is -6.14. The van der Waals surface area contributed by atoms with Crippen LogP contribution in [0.2, 0.25) is 0 Å². The van der Waals surface area contributed by atoms with Crippen LogP contribution in [0.1, 0.15) is 22.8 Å². The molecule has 0 fully saturated rings. The second-order valence-corrected chi connectivity index (χ2v) is 10.9. The van der Waals surface area contributed by atoms with E-state index < -0.39 is 0 Å². The van der Waals surface area contributed by atoms with Gasteiger partial charge in [-0.05, 0) is 77.4 Å². The molecule has 2 aliphatic rings. The highest BCUT2D eigenvalue weighted by Gasteiger charge is 2.17. The number of fused-ring (bicyclic) bond motifs is 8. The molecule has 0 aliphatic carbocycles. The lowest BCUT2D eigenvalue weighted by atomic mass is 9.98. The van der Waals surface area contributed by atoms with E-state index in [0.29, 0.717) is 17.1 Å². The highest BCUT2D eigenvalue weighted by atomic mass is 14.8. The fourth-order valence-corrected chi connectivity index (χ4v) is 6.00. The molecule has 0 radical (unpaired) electrons. The smallest absolute Gasteiger partial charge is 0.0888 e. The predicted octanol–water partition coefficient (Wildman–Crippen LogP) is 8.82. The number of nitrogens with zero attached hydrogens (tertiary/aromatic N) is 2. The van der Waals surface area contributed by atoms with Crippen LogP contribution in [0.5, 0.6) is 0 Å². The van der Waals surface area contributed by atoms with Crippen molar-refractivity contribution in [2.24, 2.45) is 0 Å². The normalized spacial score (nSPS) is 12.1. The number of hydrogen-bond acceptors (Lipinski definition) is 4. The van der Waals surface area contributed by atoms with Crippen molar-refractivity contribution < 1.29 is 0 Å². The fraction of sp³-hybridized carbons (Fsp3) is 0. The first-order valence-corrected chi connectivity index (χ1v) is 14.5. The highest BCUT2D eigenvalue weighted by molar-refractivity contribution is 6.01. The number of rotatable bonds is 3. The summed E-state index contributed by atoms with van der Waals surface area (Å²) in [6.07, 6.45) is 8.13. The lowest BCUT2D eigenvalue weighted by Gasteiger charge is -2.07. The summed E-state index contributed by atoms with van der Waals surface area (Å²) in [5, 5.41) is 0. The van der Waals surface area contributed by atoms with Crippen LogP contribution < -0.4 is 11.5 Å². The Balaban J connectivity index is 1.54. The van der Waals surface area contributed by atoms with Crippen molar-refractivity contribution in [1.29, 1.82) is 0 Å². The van der Waals surface area contributed by atoms with Gasteiger partial charge in [0.25, 0.3) is 0 Å². The van der Waals surface area contributed by atoms with Gasteiger partial charge in [-0.15, -0.1) is 0 Å². The molecule has 8 bridgehead atoms. The third kappa shape index (κ3) is 4.46. The van der Waals surface area contributed by atoms with Crippen molar-refractivity contribution in [3.05, 3.63) is 132 Å². The van der Waals surface area contributed by atoms with Crippen LogP contribution in [0.4, 0.5) is 11.4 Å². The summed E-state index contributed by atoms with van der Waals surface area (Å²) in [6, 6.07) is 36.8. The van der Waals surface area contributed by atoms with Gasteiger partial charge in [-0.1, -0.05) is 72.8 Å². The quantitative estimate of drug-likeness (QED) is 0.160. The average molecular weight is 569 g/mol. The topological polar surface area (TPSA) is 109 Å². The van der Waals surface area contributed by atoms with E-state index in [1.54, 1.807) is 0 Å². The first-order chi connectivity index (χ1) is 21.6. The minimum absolute atomic E-state index is 0.571. The van der Waals surface area contributed by atoms with E-state index in [1.165, 1.54) is 0 Å². The van der Waals surface area contributed by atoms with Gasteiger partial charge in [0.1, 0.15) is 0 Å². The molecule has 210 valence electrons. The zero-order chi connectivity index (χ0) is 29.6. The van der Waals surface area contributed by atoms with Crippen molar-refractivity contribution in [1.82, 2.24) is 19.9 Å². The van der Waals surface area contributed by atoms with Crippen LogP contribution in [0.25, 0.3) is 79.8 Å². The second-order valence-electron chi connectivity index (χ2n) is 10.9. The Bertz CT molecular complexity index is 2290. The first-order valence-electron chi connectivity index (χ1n) is 14.5. The standard InChI is InChI=1S/C38H28N6/c39-26-13-7-12-25(20-26)29-22-28-21-27-14-15-30(41-27)35(23-8-3-1-4-9-23)31-16-18-33(43-31)37(40)34-19-17-32(44-34)36(38(29)42-28)24-10-5-2-6-11-24/h1-22,42-43H,39-40H2. The molecule has 0 saturated carbocycles. The Morgan fingerprint density at radius 2 is 1.16 bits per heavy atom. The SMILES string of the molecule is Nc1cccc(-c2cc3cc4nc(c(-c5ccccc5)c5ccc([nH]5)c(N)c5nc(c(-c6ccccc6)c2[nH]3)C=C5)C=C4)c1. The first kappa shape index (κ1) is 25.6. The van der Waals surface area contributed by atoms with Gasteiger partial charge in [-0.2, -0.15) is 0 Å². The van der Waals surface area contributed by atoms with Gasteiger partial charge >= 0.3 is 0 Å². The molecule has 6 heteroatoms. The van der Waals surface area contributed by atoms with Gasteiger partial charge in [-0.25, -0.2) is 9.97 Å². The summed E-state index contributed by atoms with van der Waals surface area (Å²) in [5.74, 6) is 0. The summed E-state index contributed by atoms with van der Waals surface area (Å²) < 4.78 is 0. The van der Waals surface area contributed by atoms with Crippen LogP contribution in [0.3, 0.4) is 0 Å². The maximum absolute atomic E-state index is 6.79. The van der Waals surface area contributed by atoms with Gasteiger partial charge in [0.05, 0.1) is 39.5 Å². The van der Waals surface area contributed by atoms with Crippen LogP contribution in [-0.2, 0) is 0 Å². The molecule has 6 aromatic rings. The number of benzene rings is 3. The Morgan fingerprint density at radius 3 is 1.93 bits per heavy atom. The van der Waals surface area contributed by atoms with Gasteiger partial charge < -0.3 is 21.4 Å². The van der Waals surface area contributed by atoms with E-state index in [0.717, 1.165) is 72.5 Å². The predicted molar refractivity (Wildman–Crippen MR) is 184 cm³/mol. The molecule has 3 aromatic carbocycles. The lowest BCUT2D eigenvalue weighted by molar-refractivity contribution is 1.31. The summed E-state index contributed by atoms with van der Waals surface area (Å²) in [6.45, 7) is 0. The van der Waals surface area contributed by atoms with Gasteiger partial charge in [0, 0.05) is 33.4 Å². The molecule has 5 heterocycles. The molecule has 0 spiro atoms. The highest BCUT2D eigenvalue weighted by Crippen LogP contribution is 2.38. The molecular formula is C38H28N6. The van der Waals surface area contributed by atoms with Gasteiger partial charge in [0.2, 0.25) is 0 Å². The average Bonchev–Trinajstić information content (AvgIpc) is 3.87. The number of nitrogens with one attached hydrogen (secondary N) is 2. The molecule has 0 amide bonds. The Morgan fingerprint density at radius 1 is 0.500 bits per heavy atom. The fourth-order valence-electron chi connectivity index (χ4n) is 6.00. The summed E-state index contributed by atoms with van der Waals surface area (Å²) in [4.78, 5) is 17.4. The zero-order valence-electron chi connectivity index (χ0n) is 23.8. The summed E-state index contributed by atoms with van der Waals surface area (Å²) in [5.41, 5.74) is 27.2. The third-order valence-corrected chi connectivity index (χ3v) is 8.05. The maximum atomic E-state index is 6.79. The Labute approximate surface area is 254 Å². The van der Waals surface area contributed by atoms with Crippen LogP contribution in [0, 0.1) is 0 Å². The molecule has 6 N–H and O–H groups in total. The number of anilines is 2. The molecule has 2 aliphatic heterocycles. The number of nitrogens with two attached hydrogens (primary N) is 2. The molecule has 6 nitrogen and oxygen atoms in total. The van der Waals surface area contributed by atoms with Crippen molar-refractivity contribution in [2.45, 2.75) is 0 Å². The molecule has 8 rings (SSSR count). The van der Waals surface area contributed by atoms with Gasteiger partial charge in [-0.3, -0.25) is 0 Å². The van der Waals surface area contributed by atoms with Crippen LogP contribution in [-0.4, -0.2) is 19.9 Å². The van der Waals surface area contributed by atoms with E-state index >= 15 is 0 Å². The zero-order valence-corrected chi connectivity index (χ0v) is 23.8. The minimum atomic E-state index is 0.571. The van der Waals surface area contributed by atoms with Crippen molar-refractivity contribution in [3.8, 4) is 33.4 Å². The van der Waals surface area contributed by atoms with E-state index in [1.807, 2.05) is 78.9 Å². The number of aromatic nitrogens is 4. The second kappa shape index (κ2) is 10.3. The van der Waals surface area contributed by atoms with Gasteiger partial charge in [0.15, 0.2) is 0 Å². The van der Waals surface area contributed by atoms with E-state index in [2.05, 4.69) is 64.6 Å².